The van der Waals surface area contributed by atoms with E-state index >= 15 is 0 Å². The summed E-state index contributed by atoms with van der Waals surface area (Å²) in [5.41, 5.74) is 1.31. The van der Waals surface area contributed by atoms with E-state index in [1.165, 1.54) is 31.9 Å². The van der Waals surface area contributed by atoms with Gasteiger partial charge in [-0.3, -0.25) is 0 Å². The van der Waals surface area contributed by atoms with Crippen LogP contribution in [0.3, 0.4) is 0 Å². The molecule has 0 spiro atoms. The Morgan fingerprint density at radius 3 is 2.05 bits per heavy atom. The summed E-state index contributed by atoms with van der Waals surface area (Å²) in [5.74, 6) is 1.70. The second kappa shape index (κ2) is 10.9. The van der Waals surface area contributed by atoms with Gasteiger partial charge in [0.15, 0.2) is 0 Å². The summed E-state index contributed by atoms with van der Waals surface area (Å²) < 4.78 is 0. The molecule has 2 heteroatoms. The van der Waals surface area contributed by atoms with E-state index in [-0.39, 0.29) is 0 Å². The lowest BCUT2D eigenvalue weighted by Crippen LogP contribution is -2.24. The highest BCUT2D eigenvalue weighted by Crippen LogP contribution is 2.29. The molecule has 2 nitrogen and oxygen atoms in total. The van der Waals surface area contributed by atoms with Crippen molar-refractivity contribution in [2.24, 2.45) is 11.8 Å². The van der Waals surface area contributed by atoms with Crippen LogP contribution in [0.1, 0.15) is 34.6 Å². The predicted molar refractivity (Wildman–Crippen MR) is 87.2 cm³/mol. The van der Waals surface area contributed by atoms with Crippen LogP contribution >= 0.6 is 0 Å². The maximum absolute atomic E-state index is 3.78. The zero-order valence-electron chi connectivity index (χ0n) is 13.4. The molecular formula is C17H32N2. The van der Waals surface area contributed by atoms with Crippen LogP contribution < -0.4 is 5.32 Å². The normalized spacial score (nSPS) is 25.3. The third-order valence-electron chi connectivity index (χ3n) is 3.38. The Balaban J connectivity index is 0.000000741. The number of hydrogen-bond acceptors (Lipinski definition) is 2. The Hall–Kier alpha value is -1.02. The van der Waals surface area contributed by atoms with Crippen LogP contribution in [-0.2, 0) is 0 Å². The third kappa shape index (κ3) is 5.23. The average Bonchev–Trinajstić information content (AvgIpc) is 3.04. The topological polar surface area (TPSA) is 15.3 Å². The molecule has 0 saturated carbocycles. The first-order chi connectivity index (χ1) is 9.35. The summed E-state index contributed by atoms with van der Waals surface area (Å²) in [6.45, 7) is 18.6. The fraction of sp³-hybridized carbons (Fsp3) is 0.647. The molecule has 0 radical (unpaired) electrons. The molecule has 2 aliphatic rings. The van der Waals surface area contributed by atoms with Gasteiger partial charge in [0.05, 0.1) is 0 Å². The van der Waals surface area contributed by atoms with Gasteiger partial charge in [-0.05, 0) is 30.9 Å². The number of rotatable bonds is 3. The van der Waals surface area contributed by atoms with E-state index in [1.807, 2.05) is 33.8 Å². The second-order valence-electron chi connectivity index (χ2n) is 4.41. The molecule has 2 unspecified atom stereocenters. The standard InChI is InChI=1S/C13H20N2.2C2H6/c1-3-5-13(6-4-2)15-9-11-7-14-8-12(11)10-15;2*1-2/h3-6,11-12,14H,1,7-10H2,2H3;2*1-2H3/b6-4-,13-5+;;. The monoisotopic (exact) mass is 264 g/mol. The molecule has 19 heavy (non-hydrogen) atoms. The first-order valence-corrected chi connectivity index (χ1v) is 7.76. The lowest BCUT2D eigenvalue weighted by Gasteiger charge is -2.20. The maximum atomic E-state index is 3.78. The zero-order chi connectivity index (χ0) is 14.7. The van der Waals surface area contributed by atoms with Gasteiger partial charge in [-0.2, -0.15) is 0 Å². The van der Waals surface area contributed by atoms with Gasteiger partial charge in [0.25, 0.3) is 0 Å². The maximum Gasteiger partial charge on any atom is 0.0362 e. The first-order valence-electron chi connectivity index (χ1n) is 7.76. The minimum Gasteiger partial charge on any atom is -0.371 e. The quantitative estimate of drug-likeness (QED) is 0.779. The van der Waals surface area contributed by atoms with Crippen molar-refractivity contribution in [2.45, 2.75) is 34.6 Å². The number of likely N-dealkylation sites (tertiary alicyclic amines) is 1. The summed E-state index contributed by atoms with van der Waals surface area (Å²) in [4.78, 5) is 2.48. The van der Waals surface area contributed by atoms with Crippen LogP contribution in [0.5, 0.6) is 0 Å². The average molecular weight is 264 g/mol. The summed E-state index contributed by atoms with van der Waals surface area (Å²) in [6, 6.07) is 0. The fourth-order valence-electron chi connectivity index (χ4n) is 2.62. The van der Waals surface area contributed by atoms with E-state index in [9.17, 15) is 0 Å². The van der Waals surface area contributed by atoms with Gasteiger partial charge in [0.1, 0.15) is 0 Å². The van der Waals surface area contributed by atoms with Gasteiger partial charge in [-0.25, -0.2) is 0 Å². The molecule has 2 saturated heterocycles. The predicted octanol–water partition coefficient (Wildman–Crippen LogP) is 3.84. The smallest absolute Gasteiger partial charge is 0.0362 e. The number of hydrogen-bond donors (Lipinski definition) is 1. The molecule has 0 aromatic carbocycles. The van der Waals surface area contributed by atoms with Gasteiger partial charge in [0, 0.05) is 31.9 Å². The fourth-order valence-corrected chi connectivity index (χ4v) is 2.62. The zero-order valence-corrected chi connectivity index (χ0v) is 13.4. The van der Waals surface area contributed by atoms with Crippen molar-refractivity contribution in [3.05, 3.63) is 36.6 Å². The molecular weight excluding hydrogens is 232 g/mol. The SMILES string of the molecule is C=C/C=C(\C=C/C)N1CC2CNCC2C1.CC.CC. The van der Waals surface area contributed by atoms with E-state index in [2.05, 4.69) is 41.9 Å². The van der Waals surface area contributed by atoms with E-state index in [1.54, 1.807) is 0 Å². The summed E-state index contributed by atoms with van der Waals surface area (Å²) >= 11 is 0. The van der Waals surface area contributed by atoms with Crippen molar-refractivity contribution in [3.8, 4) is 0 Å². The van der Waals surface area contributed by atoms with E-state index in [0.29, 0.717) is 0 Å². The van der Waals surface area contributed by atoms with Crippen LogP contribution in [-0.4, -0.2) is 31.1 Å². The second-order valence-corrected chi connectivity index (χ2v) is 4.41. The van der Waals surface area contributed by atoms with Gasteiger partial charge in [0.2, 0.25) is 0 Å². The number of fused-ring (bicyclic) bond motifs is 1. The molecule has 2 atom stereocenters. The molecule has 0 amide bonds. The molecule has 0 aliphatic carbocycles. The Labute approximate surface area is 120 Å². The lowest BCUT2D eigenvalue weighted by molar-refractivity contribution is 0.402. The lowest BCUT2D eigenvalue weighted by atomic mass is 10.0. The van der Waals surface area contributed by atoms with Crippen LogP contribution in [0.4, 0.5) is 0 Å². The van der Waals surface area contributed by atoms with Gasteiger partial charge in [-0.15, -0.1) is 0 Å². The largest absolute Gasteiger partial charge is 0.371 e. The minimum atomic E-state index is 0.850. The molecule has 110 valence electrons. The van der Waals surface area contributed by atoms with Crippen molar-refractivity contribution >= 4 is 0 Å². The Morgan fingerprint density at radius 2 is 1.63 bits per heavy atom. The number of allylic oxidation sites excluding steroid dienone is 4. The van der Waals surface area contributed by atoms with Crippen molar-refractivity contribution in [2.75, 3.05) is 26.2 Å². The third-order valence-corrected chi connectivity index (χ3v) is 3.38. The Bertz CT molecular complexity index is 280. The molecule has 0 bridgehead atoms. The van der Waals surface area contributed by atoms with Gasteiger partial charge in [-0.1, -0.05) is 46.4 Å². The molecule has 0 aromatic heterocycles. The molecule has 2 aliphatic heterocycles. The van der Waals surface area contributed by atoms with Crippen molar-refractivity contribution in [1.82, 2.24) is 10.2 Å². The van der Waals surface area contributed by atoms with Crippen LogP contribution in [0.15, 0.2) is 36.6 Å². The minimum absolute atomic E-state index is 0.850. The number of nitrogens with one attached hydrogen (secondary N) is 1. The van der Waals surface area contributed by atoms with Crippen molar-refractivity contribution < 1.29 is 0 Å². The van der Waals surface area contributed by atoms with Gasteiger partial charge >= 0.3 is 0 Å². The summed E-state index contributed by atoms with van der Waals surface area (Å²) in [7, 11) is 0. The summed E-state index contributed by atoms with van der Waals surface area (Å²) in [5, 5.41) is 3.46. The van der Waals surface area contributed by atoms with Crippen LogP contribution in [0.2, 0.25) is 0 Å². The highest BCUT2D eigenvalue weighted by molar-refractivity contribution is 5.23. The molecule has 0 aromatic rings. The van der Waals surface area contributed by atoms with E-state index in [4.69, 9.17) is 0 Å². The molecule has 2 heterocycles. The highest BCUT2D eigenvalue weighted by Gasteiger charge is 2.36. The Kier molecular flexibility index (Phi) is 10.3. The van der Waals surface area contributed by atoms with Crippen molar-refractivity contribution in [3.63, 3.8) is 0 Å². The van der Waals surface area contributed by atoms with Crippen LogP contribution in [0.25, 0.3) is 0 Å². The molecule has 1 N–H and O–H groups in total. The van der Waals surface area contributed by atoms with E-state index < -0.39 is 0 Å². The van der Waals surface area contributed by atoms with E-state index in [0.717, 1.165) is 11.8 Å². The highest BCUT2D eigenvalue weighted by atomic mass is 15.2. The summed E-state index contributed by atoms with van der Waals surface area (Å²) in [6.07, 6.45) is 8.26. The molecule has 2 rings (SSSR count). The molecule has 2 fully saturated rings. The van der Waals surface area contributed by atoms with Gasteiger partial charge < -0.3 is 10.2 Å². The Morgan fingerprint density at radius 1 is 1.11 bits per heavy atom. The van der Waals surface area contributed by atoms with Crippen LogP contribution in [0, 0.1) is 11.8 Å². The number of nitrogens with zero attached hydrogens (tertiary/aromatic N) is 1. The first kappa shape index (κ1) is 18.0. The van der Waals surface area contributed by atoms with Crippen molar-refractivity contribution in [1.29, 1.82) is 0 Å².